The van der Waals surface area contributed by atoms with Crippen molar-refractivity contribution in [3.8, 4) is 0 Å². The van der Waals surface area contributed by atoms with E-state index in [1.807, 2.05) is 53.4 Å². The molecule has 2 fully saturated rings. The lowest BCUT2D eigenvalue weighted by molar-refractivity contribution is -0.184. The summed E-state index contributed by atoms with van der Waals surface area (Å²) in [4.78, 5) is 31.3. The Hall–Kier alpha value is -2.70. The molecule has 6 heteroatoms. The number of hydrogen-bond acceptors (Lipinski definition) is 5. The van der Waals surface area contributed by atoms with Crippen LogP contribution in [-0.2, 0) is 27.4 Å². The Morgan fingerprint density at radius 3 is 2.17 bits per heavy atom. The van der Waals surface area contributed by atoms with Crippen LogP contribution in [0, 0.1) is 11.8 Å². The van der Waals surface area contributed by atoms with E-state index in [4.69, 9.17) is 4.74 Å². The van der Waals surface area contributed by atoms with Gasteiger partial charge in [-0.2, -0.15) is 0 Å². The lowest BCUT2D eigenvalue weighted by Gasteiger charge is -2.41. The maximum absolute atomic E-state index is 13.9. The normalized spacial score (nSPS) is 23.7. The van der Waals surface area contributed by atoms with Crippen molar-refractivity contribution in [2.45, 2.75) is 57.2 Å². The predicted octanol–water partition coefficient (Wildman–Crippen LogP) is 4.02. The van der Waals surface area contributed by atoms with Gasteiger partial charge < -0.3 is 14.7 Å². The number of rotatable bonds is 7. The third-order valence-electron chi connectivity index (χ3n) is 7.67. The highest BCUT2D eigenvalue weighted by atomic mass is 16.5. The summed E-state index contributed by atoms with van der Waals surface area (Å²) in [6, 6.07) is 20.2. The molecule has 2 aromatic carbocycles. The van der Waals surface area contributed by atoms with E-state index in [0.29, 0.717) is 32.5 Å². The van der Waals surface area contributed by atoms with Crippen LogP contribution in [0.4, 0.5) is 0 Å². The van der Waals surface area contributed by atoms with Crippen LogP contribution >= 0.6 is 0 Å². The number of ether oxygens (including phenoxy) is 1. The molecule has 35 heavy (non-hydrogen) atoms. The van der Waals surface area contributed by atoms with Gasteiger partial charge in [0, 0.05) is 32.1 Å². The highest BCUT2D eigenvalue weighted by Gasteiger charge is 2.55. The summed E-state index contributed by atoms with van der Waals surface area (Å²) in [6.07, 6.45) is 4.74. The highest BCUT2D eigenvalue weighted by molar-refractivity contribution is 5.90. The molecule has 6 nitrogen and oxygen atoms in total. The smallest absolute Gasteiger partial charge is 0.339 e. The molecule has 0 aliphatic carbocycles. The number of nitrogens with zero attached hydrogens (tertiary/aromatic N) is 2. The van der Waals surface area contributed by atoms with E-state index in [2.05, 4.69) is 17.0 Å². The number of carbonyl (C=O) groups excluding carboxylic acids is 2. The zero-order chi connectivity index (χ0) is 24.7. The fourth-order valence-corrected chi connectivity index (χ4v) is 5.80. The average molecular weight is 479 g/mol. The summed E-state index contributed by atoms with van der Waals surface area (Å²) in [7, 11) is 1.31. The molecule has 3 unspecified atom stereocenters. The monoisotopic (exact) mass is 478 g/mol. The Balaban J connectivity index is 1.60. The van der Waals surface area contributed by atoms with Crippen molar-refractivity contribution < 1.29 is 19.4 Å². The van der Waals surface area contributed by atoms with Crippen LogP contribution in [0.25, 0.3) is 0 Å². The van der Waals surface area contributed by atoms with Crippen molar-refractivity contribution in [1.29, 1.82) is 0 Å². The molecule has 1 amide bonds. The third-order valence-corrected chi connectivity index (χ3v) is 7.67. The largest absolute Gasteiger partial charge is 0.467 e. The molecule has 4 rings (SSSR count). The van der Waals surface area contributed by atoms with Crippen molar-refractivity contribution in [1.82, 2.24) is 9.80 Å². The SMILES string of the molecule is COC(=O)C(O)(C1CCCCN(Cc2ccccc2)C1)C1CCCCN(Cc2ccccc2)C1=O. The summed E-state index contributed by atoms with van der Waals surface area (Å²) >= 11 is 0. The Labute approximate surface area is 208 Å². The van der Waals surface area contributed by atoms with Gasteiger partial charge in [0.25, 0.3) is 0 Å². The van der Waals surface area contributed by atoms with Crippen molar-refractivity contribution in [3.63, 3.8) is 0 Å². The van der Waals surface area contributed by atoms with Crippen LogP contribution in [0.5, 0.6) is 0 Å². The standard InChI is InChI=1S/C29H38N2O4/c1-35-28(33)29(34,25-16-8-10-18-30(22-25)20-23-12-4-2-5-13-23)26-17-9-11-19-31(27(26)32)21-24-14-6-3-7-15-24/h2-7,12-15,25-26,34H,8-11,16-22H2,1H3. The molecular formula is C29H38N2O4. The van der Waals surface area contributed by atoms with Crippen molar-refractivity contribution in [3.05, 3.63) is 71.8 Å². The van der Waals surface area contributed by atoms with Gasteiger partial charge in [0.1, 0.15) is 0 Å². The van der Waals surface area contributed by atoms with Crippen LogP contribution in [0.2, 0.25) is 0 Å². The van der Waals surface area contributed by atoms with Gasteiger partial charge in [0.05, 0.1) is 13.0 Å². The number of aliphatic hydroxyl groups is 1. The Bertz CT molecular complexity index is 967. The van der Waals surface area contributed by atoms with Gasteiger partial charge in [-0.1, -0.05) is 73.5 Å². The summed E-state index contributed by atoms with van der Waals surface area (Å²) < 4.78 is 5.18. The topological polar surface area (TPSA) is 70.1 Å². The molecule has 3 atom stereocenters. The molecule has 0 saturated carbocycles. The summed E-state index contributed by atoms with van der Waals surface area (Å²) in [6.45, 7) is 3.34. The van der Waals surface area contributed by atoms with Gasteiger partial charge >= 0.3 is 5.97 Å². The van der Waals surface area contributed by atoms with E-state index in [9.17, 15) is 14.7 Å². The molecule has 0 bridgehead atoms. The van der Waals surface area contributed by atoms with Crippen LogP contribution in [-0.4, -0.2) is 59.1 Å². The molecule has 1 N–H and O–H groups in total. The molecular weight excluding hydrogens is 440 g/mol. The van der Waals surface area contributed by atoms with Crippen molar-refractivity contribution in [2.24, 2.45) is 11.8 Å². The first-order chi connectivity index (χ1) is 17.0. The Morgan fingerprint density at radius 1 is 0.914 bits per heavy atom. The van der Waals surface area contributed by atoms with Crippen LogP contribution in [0.1, 0.15) is 49.7 Å². The lowest BCUT2D eigenvalue weighted by Crippen LogP contribution is -2.59. The summed E-state index contributed by atoms with van der Waals surface area (Å²) in [5.41, 5.74) is 0.408. The molecule has 2 saturated heterocycles. The first kappa shape index (κ1) is 25.4. The van der Waals surface area contributed by atoms with E-state index in [-0.39, 0.29) is 11.8 Å². The van der Waals surface area contributed by atoms with E-state index < -0.39 is 17.5 Å². The molecule has 0 spiro atoms. The molecule has 0 aromatic heterocycles. The fraction of sp³-hybridized carbons (Fsp3) is 0.517. The average Bonchev–Trinajstić information content (AvgIpc) is 3.23. The predicted molar refractivity (Wildman–Crippen MR) is 135 cm³/mol. The molecule has 188 valence electrons. The van der Waals surface area contributed by atoms with Crippen molar-refractivity contribution >= 4 is 11.9 Å². The number of hydrogen-bond donors (Lipinski definition) is 1. The minimum atomic E-state index is -1.84. The minimum absolute atomic E-state index is 0.141. The molecule has 2 aliphatic rings. The molecule has 2 heterocycles. The number of methoxy groups -OCH3 is 1. The van der Waals surface area contributed by atoms with Gasteiger partial charge in [-0.25, -0.2) is 4.79 Å². The maximum atomic E-state index is 13.9. The van der Waals surface area contributed by atoms with Crippen molar-refractivity contribution in [2.75, 3.05) is 26.7 Å². The maximum Gasteiger partial charge on any atom is 0.339 e. The second-order valence-electron chi connectivity index (χ2n) is 10.0. The van der Waals surface area contributed by atoms with E-state index >= 15 is 0 Å². The zero-order valence-corrected chi connectivity index (χ0v) is 20.8. The van der Waals surface area contributed by atoms with Gasteiger partial charge in [-0.15, -0.1) is 0 Å². The number of esters is 1. The van der Waals surface area contributed by atoms with Gasteiger partial charge in [0.2, 0.25) is 5.91 Å². The second-order valence-corrected chi connectivity index (χ2v) is 10.0. The van der Waals surface area contributed by atoms with E-state index in [1.54, 1.807) is 0 Å². The van der Waals surface area contributed by atoms with E-state index in [1.165, 1.54) is 12.7 Å². The number of amides is 1. The first-order valence-electron chi connectivity index (χ1n) is 12.9. The number of likely N-dealkylation sites (tertiary alicyclic amines) is 2. The third kappa shape index (κ3) is 5.93. The molecule has 2 aromatic rings. The molecule has 2 aliphatic heterocycles. The summed E-state index contributed by atoms with van der Waals surface area (Å²) in [5.74, 6) is -1.99. The van der Waals surface area contributed by atoms with Crippen LogP contribution in [0.15, 0.2) is 60.7 Å². The lowest BCUT2D eigenvalue weighted by atomic mass is 9.72. The van der Waals surface area contributed by atoms with Gasteiger partial charge in [-0.05, 0) is 43.4 Å². The van der Waals surface area contributed by atoms with Crippen LogP contribution in [0.3, 0.4) is 0 Å². The van der Waals surface area contributed by atoms with Gasteiger partial charge in [0.15, 0.2) is 5.60 Å². The second kappa shape index (κ2) is 11.8. The minimum Gasteiger partial charge on any atom is -0.467 e. The first-order valence-corrected chi connectivity index (χ1v) is 12.9. The highest BCUT2D eigenvalue weighted by Crippen LogP contribution is 2.39. The van der Waals surface area contributed by atoms with Gasteiger partial charge in [-0.3, -0.25) is 9.69 Å². The Morgan fingerprint density at radius 2 is 1.51 bits per heavy atom. The van der Waals surface area contributed by atoms with E-state index in [0.717, 1.165) is 44.3 Å². The fourth-order valence-electron chi connectivity index (χ4n) is 5.80. The molecule has 0 radical (unpaired) electrons. The number of benzene rings is 2. The van der Waals surface area contributed by atoms with Crippen LogP contribution < -0.4 is 0 Å². The quantitative estimate of drug-likeness (QED) is 0.609. The Kier molecular flexibility index (Phi) is 8.58. The zero-order valence-electron chi connectivity index (χ0n) is 20.8. The summed E-state index contributed by atoms with van der Waals surface area (Å²) in [5, 5.41) is 12.2. The number of carbonyl (C=O) groups is 2.